The highest BCUT2D eigenvalue weighted by molar-refractivity contribution is 5.82. The number of aromatic amines is 1. The van der Waals surface area contributed by atoms with Gasteiger partial charge in [0.05, 0.1) is 5.56 Å². The van der Waals surface area contributed by atoms with Crippen LogP contribution in [-0.4, -0.2) is 15.0 Å². The molecule has 0 saturated heterocycles. The number of pyridine rings is 1. The van der Waals surface area contributed by atoms with Crippen molar-refractivity contribution in [2.24, 2.45) is 0 Å². The van der Waals surface area contributed by atoms with Gasteiger partial charge in [-0.15, -0.1) is 0 Å². The first-order valence-electron chi connectivity index (χ1n) is 12.2. The standard InChI is InChI=1S/C32H25N3O2/c1-4-10-23(11-5-1)21-36-27-16-17-28(30(19-27)37-22-24-12-6-2-7-13-24)31-34-29-18-26(20-33-32(29)35-31)25-14-8-3-9-15-25/h1-20H,21-22H2,(H,33,34,35). The van der Waals surface area contributed by atoms with Crippen LogP contribution in [0.3, 0.4) is 0 Å². The number of ether oxygens (including phenoxy) is 2. The van der Waals surface area contributed by atoms with Gasteiger partial charge in [0.15, 0.2) is 5.65 Å². The SMILES string of the molecule is c1ccc(COc2ccc(-c3nc4cc(-c5ccccc5)cnc4[nH]3)c(OCc3ccccc3)c2)cc1. The average molecular weight is 484 g/mol. The highest BCUT2D eigenvalue weighted by Crippen LogP contribution is 2.34. The van der Waals surface area contributed by atoms with E-state index in [0.29, 0.717) is 24.8 Å². The summed E-state index contributed by atoms with van der Waals surface area (Å²) in [6.07, 6.45) is 1.87. The molecule has 2 heterocycles. The molecule has 2 aromatic heterocycles. The molecule has 0 aliphatic rings. The lowest BCUT2D eigenvalue weighted by molar-refractivity contribution is 0.290. The summed E-state index contributed by atoms with van der Waals surface area (Å²) in [4.78, 5) is 12.9. The Labute approximate surface area is 215 Å². The van der Waals surface area contributed by atoms with Crippen LogP contribution in [0.15, 0.2) is 121 Å². The number of hydrogen-bond acceptors (Lipinski definition) is 4. The fourth-order valence-corrected chi connectivity index (χ4v) is 4.19. The van der Waals surface area contributed by atoms with Gasteiger partial charge in [0.2, 0.25) is 0 Å². The summed E-state index contributed by atoms with van der Waals surface area (Å²) in [6.45, 7) is 0.918. The molecular formula is C32H25N3O2. The van der Waals surface area contributed by atoms with Crippen molar-refractivity contribution in [3.05, 3.63) is 133 Å². The smallest absolute Gasteiger partial charge is 0.157 e. The predicted molar refractivity (Wildman–Crippen MR) is 146 cm³/mol. The Kier molecular flexibility index (Phi) is 6.33. The maximum atomic E-state index is 6.30. The van der Waals surface area contributed by atoms with Gasteiger partial charge in [0.25, 0.3) is 0 Å². The Morgan fingerprint density at radius 3 is 1.97 bits per heavy atom. The average Bonchev–Trinajstić information content (AvgIpc) is 3.40. The zero-order valence-electron chi connectivity index (χ0n) is 20.2. The minimum atomic E-state index is 0.437. The largest absolute Gasteiger partial charge is 0.489 e. The van der Waals surface area contributed by atoms with Gasteiger partial charge in [-0.2, -0.15) is 0 Å². The molecule has 180 valence electrons. The third kappa shape index (κ3) is 5.21. The van der Waals surface area contributed by atoms with Gasteiger partial charge in [-0.3, -0.25) is 0 Å². The van der Waals surface area contributed by atoms with Crippen LogP contribution in [0.4, 0.5) is 0 Å². The molecule has 0 spiro atoms. The molecule has 0 aliphatic heterocycles. The summed E-state index contributed by atoms with van der Waals surface area (Å²) in [5, 5.41) is 0. The zero-order valence-corrected chi connectivity index (χ0v) is 20.2. The van der Waals surface area contributed by atoms with Gasteiger partial charge in [-0.1, -0.05) is 91.0 Å². The highest BCUT2D eigenvalue weighted by Gasteiger charge is 2.14. The zero-order chi connectivity index (χ0) is 24.9. The van der Waals surface area contributed by atoms with Crippen LogP contribution < -0.4 is 9.47 Å². The van der Waals surface area contributed by atoms with Gasteiger partial charge in [0, 0.05) is 17.8 Å². The fraction of sp³-hybridized carbons (Fsp3) is 0.0625. The van der Waals surface area contributed by atoms with Crippen molar-refractivity contribution < 1.29 is 9.47 Å². The number of nitrogens with one attached hydrogen (secondary N) is 1. The monoisotopic (exact) mass is 483 g/mol. The molecule has 0 bridgehead atoms. The van der Waals surface area contributed by atoms with Gasteiger partial charge >= 0.3 is 0 Å². The maximum absolute atomic E-state index is 6.30. The second-order valence-corrected chi connectivity index (χ2v) is 8.75. The lowest BCUT2D eigenvalue weighted by Gasteiger charge is -2.13. The Hall–Kier alpha value is -4.90. The molecule has 1 N–H and O–H groups in total. The number of fused-ring (bicyclic) bond motifs is 1. The fourth-order valence-electron chi connectivity index (χ4n) is 4.19. The van der Waals surface area contributed by atoms with E-state index in [-0.39, 0.29) is 0 Å². The number of hydrogen-bond donors (Lipinski definition) is 1. The molecule has 4 aromatic carbocycles. The van der Waals surface area contributed by atoms with Crippen LogP contribution in [0.2, 0.25) is 0 Å². The third-order valence-corrected chi connectivity index (χ3v) is 6.14. The summed E-state index contributed by atoms with van der Waals surface area (Å²) >= 11 is 0. The molecule has 0 unspecified atom stereocenters. The maximum Gasteiger partial charge on any atom is 0.157 e. The number of benzene rings is 4. The molecule has 6 rings (SSSR count). The summed E-state index contributed by atoms with van der Waals surface area (Å²) in [7, 11) is 0. The Bertz CT molecular complexity index is 1610. The third-order valence-electron chi connectivity index (χ3n) is 6.14. The minimum Gasteiger partial charge on any atom is -0.489 e. The van der Waals surface area contributed by atoms with Crippen LogP contribution >= 0.6 is 0 Å². The summed E-state index contributed by atoms with van der Waals surface area (Å²) in [6, 6.07) is 38.3. The highest BCUT2D eigenvalue weighted by atomic mass is 16.5. The van der Waals surface area contributed by atoms with E-state index in [4.69, 9.17) is 14.5 Å². The Balaban J connectivity index is 1.32. The molecule has 5 heteroatoms. The van der Waals surface area contributed by atoms with Crippen molar-refractivity contribution in [3.63, 3.8) is 0 Å². The minimum absolute atomic E-state index is 0.437. The van der Waals surface area contributed by atoms with E-state index in [1.54, 1.807) is 0 Å². The summed E-state index contributed by atoms with van der Waals surface area (Å²) in [5.74, 6) is 2.12. The van der Waals surface area contributed by atoms with E-state index in [2.05, 4.69) is 28.2 Å². The van der Waals surface area contributed by atoms with Gasteiger partial charge in [0.1, 0.15) is 36.1 Å². The molecule has 6 aromatic rings. The lowest BCUT2D eigenvalue weighted by atomic mass is 10.1. The molecule has 0 radical (unpaired) electrons. The number of nitrogens with zero attached hydrogens (tertiary/aromatic N) is 2. The van der Waals surface area contributed by atoms with Gasteiger partial charge in [-0.25, -0.2) is 9.97 Å². The van der Waals surface area contributed by atoms with E-state index < -0.39 is 0 Å². The van der Waals surface area contributed by atoms with Crippen molar-refractivity contribution in [1.29, 1.82) is 0 Å². The molecule has 0 amide bonds. The first-order valence-corrected chi connectivity index (χ1v) is 12.2. The van der Waals surface area contributed by atoms with Crippen molar-refractivity contribution in [2.45, 2.75) is 13.2 Å². The van der Waals surface area contributed by atoms with E-state index in [0.717, 1.165) is 44.7 Å². The first kappa shape index (κ1) is 22.6. The number of H-pyrrole nitrogens is 1. The number of rotatable bonds is 8. The quantitative estimate of drug-likeness (QED) is 0.244. The summed E-state index contributed by atoms with van der Waals surface area (Å²) in [5.41, 5.74) is 6.70. The van der Waals surface area contributed by atoms with Crippen molar-refractivity contribution in [3.8, 4) is 34.0 Å². The topological polar surface area (TPSA) is 60.0 Å². The normalized spacial score (nSPS) is 10.9. The number of aromatic nitrogens is 3. The van der Waals surface area contributed by atoms with Crippen LogP contribution in [0.5, 0.6) is 11.5 Å². The summed E-state index contributed by atoms with van der Waals surface area (Å²) < 4.78 is 12.4. The second kappa shape index (κ2) is 10.4. The molecular weight excluding hydrogens is 458 g/mol. The van der Waals surface area contributed by atoms with Crippen molar-refractivity contribution in [1.82, 2.24) is 15.0 Å². The van der Waals surface area contributed by atoms with Crippen LogP contribution in [0, 0.1) is 0 Å². The van der Waals surface area contributed by atoms with E-state index in [1.165, 1.54) is 0 Å². The van der Waals surface area contributed by atoms with Crippen LogP contribution in [-0.2, 0) is 13.2 Å². The van der Waals surface area contributed by atoms with E-state index in [9.17, 15) is 0 Å². The van der Waals surface area contributed by atoms with Crippen LogP contribution in [0.25, 0.3) is 33.7 Å². The molecule has 0 fully saturated rings. The van der Waals surface area contributed by atoms with Crippen molar-refractivity contribution in [2.75, 3.05) is 0 Å². The Morgan fingerprint density at radius 1 is 0.622 bits per heavy atom. The predicted octanol–water partition coefficient (Wildman–Crippen LogP) is 7.45. The second-order valence-electron chi connectivity index (χ2n) is 8.75. The van der Waals surface area contributed by atoms with E-state index in [1.807, 2.05) is 103 Å². The van der Waals surface area contributed by atoms with E-state index >= 15 is 0 Å². The lowest BCUT2D eigenvalue weighted by Crippen LogP contribution is -2.00. The molecule has 37 heavy (non-hydrogen) atoms. The number of imidazole rings is 1. The Morgan fingerprint density at radius 2 is 1.27 bits per heavy atom. The van der Waals surface area contributed by atoms with Crippen molar-refractivity contribution >= 4 is 11.2 Å². The molecule has 0 atom stereocenters. The molecule has 5 nitrogen and oxygen atoms in total. The van der Waals surface area contributed by atoms with Gasteiger partial charge < -0.3 is 14.5 Å². The van der Waals surface area contributed by atoms with Gasteiger partial charge in [-0.05, 0) is 34.9 Å². The first-order chi connectivity index (χ1) is 18.3. The van der Waals surface area contributed by atoms with Crippen LogP contribution in [0.1, 0.15) is 11.1 Å². The molecule has 0 saturated carbocycles. The molecule has 0 aliphatic carbocycles.